The van der Waals surface area contributed by atoms with Gasteiger partial charge in [-0.1, -0.05) is 11.2 Å². The van der Waals surface area contributed by atoms with Gasteiger partial charge in [-0.25, -0.2) is 4.79 Å². The van der Waals surface area contributed by atoms with Gasteiger partial charge in [0.05, 0.1) is 29.7 Å². The van der Waals surface area contributed by atoms with Gasteiger partial charge in [0.15, 0.2) is 6.23 Å². The normalized spacial score (nSPS) is 22.8. The first-order valence-corrected chi connectivity index (χ1v) is 10.0. The van der Waals surface area contributed by atoms with E-state index in [-0.39, 0.29) is 17.8 Å². The molecule has 2 heterocycles. The lowest BCUT2D eigenvalue weighted by Gasteiger charge is -2.23. The zero-order chi connectivity index (χ0) is 24.8. The predicted octanol–water partition coefficient (Wildman–Crippen LogP) is 0.626. The second-order valence-corrected chi connectivity index (χ2v) is 7.35. The number of nitro benzene ring substituents is 1. The van der Waals surface area contributed by atoms with E-state index in [1.165, 1.54) is 18.2 Å². The van der Waals surface area contributed by atoms with Gasteiger partial charge in [-0.2, -0.15) is 0 Å². The van der Waals surface area contributed by atoms with E-state index < -0.39 is 60.2 Å². The quantitative estimate of drug-likeness (QED) is 0.109. The number of aliphatic hydroxyl groups is 2. The highest BCUT2D eigenvalue weighted by Gasteiger charge is 2.45. The summed E-state index contributed by atoms with van der Waals surface area (Å²) in [6.45, 7) is 0.521. The van der Waals surface area contributed by atoms with E-state index in [0.717, 1.165) is 16.8 Å². The summed E-state index contributed by atoms with van der Waals surface area (Å²) in [7, 11) is 0. The molecule has 182 valence electrons. The molecule has 0 spiro atoms. The van der Waals surface area contributed by atoms with Crippen LogP contribution in [0.15, 0.2) is 45.2 Å². The number of hydrogen-bond acceptors (Lipinski definition) is 10. The van der Waals surface area contributed by atoms with E-state index in [0.29, 0.717) is 5.56 Å². The zero-order valence-corrected chi connectivity index (χ0v) is 17.9. The van der Waals surface area contributed by atoms with Crippen molar-refractivity contribution in [2.24, 2.45) is 5.11 Å². The number of aliphatic hydroxyl groups excluding tert-OH is 2. The maximum absolute atomic E-state index is 12.2. The van der Waals surface area contributed by atoms with Gasteiger partial charge in [0.2, 0.25) is 0 Å². The van der Waals surface area contributed by atoms with Gasteiger partial charge in [0, 0.05) is 23.2 Å². The summed E-state index contributed by atoms with van der Waals surface area (Å²) in [4.78, 5) is 39.1. The number of ether oxygens (including phenoxy) is 3. The number of rotatable bonds is 10. The van der Waals surface area contributed by atoms with Crippen LogP contribution in [0.2, 0.25) is 0 Å². The molecule has 2 aromatic rings. The molecule has 15 nitrogen and oxygen atoms in total. The van der Waals surface area contributed by atoms with Gasteiger partial charge in [0.25, 0.3) is 11.2 Å². The maximum Gasteiger partial charge on any atom is 0.330 e. The third kappa shape index (κ3) is 5.48. The van der Waals surface area contributed by atoms with Crippen LogP contribution in [0, 0.1) is 10.1 Å². The second-order valence-electron chi connectivity index (χ2n) is 7.35. The van der Waals surface area contributed by atoms with Gasteiger partial charge < -0.3 is 24.4 Å². The number of nitrogens with zero attached hydrogens (tertiary/aromatic N) is 5. The number of nitrogens with one attached hydrogen (secondary N) is 1. The summed E-state index contributed by atoms with van der Waals surface area (Å²) in [5.41, 5.74) is 7.59. The fraction of sp³-hybridized carbons (Fsp3) is 0.474. The van der Waals surface area contributed by atoms with Crippen LogP contribution in [0.4, 0.5) is 5.69 Å². The Hall–Kier alpha value is -3.59. The molecule has 34 heavy (non-hydrogen) atoms. The van der Waals surface area contributed by atoms with Gasteiger partial charge in [-0.15, -0.1) is 0 Å². The molecular formula is C19H22N6O9. The Balaban J connectivity index is 1.76. The Morgan fingerprint density at radius 2 is 2.18 bits per heavy atom. The molecule has 0 bridgehead atoms. The topological polar surface area (TPSA) is 215 Å². The Morgan fingerprint density at radius 1 is 1.41 bits per heavy atom. The lowest BCUT2D eigenvalue weighted by molar-refractivity contribution is -0.386. The molecule has 0 amide bonds. The van der Waals surface area contributed by atoms with Crippen molar-refractivity contribution >= 4 is 5.69 Å². The standard InChI is InChI=1S/C19H22N6O9/c1-10(12-6-11(7-21-23-20)2-3-13(12)25(30)31)32-9-33-17-16(28)14(8-26)34-18(17)24-5-4-15(27)22-19(24)29/h2-6,10,14,16-18,26,28H,7-9H2,1H3,(H,22,27,29)/t10?,14-,16-,17-,18-/m1/s1. The van der Waals surface area contributed by atoms with Gasteiger partial charge in [-0.3, -0.25) is 24.5 Å². The molecular weight excluding hydrogens is 456 g/mol. The molecule has 5 atom stereocenters. The van der Waals surface area contributed by atoms with E-state index >= 15 is 0 Å². The molecule has 1 aliphatic rings. The predicted molar refractivity (Wildman–Crippen MR) is 114 cm³/mol. The number of azide groups is 1. The largest absolute Gasteiger partial charge is 0.394 e. The van der Waals surface area contributed by atoms with Crippen LogP contribution >= 0.6 is 0 Å². The summed E-state index contributed by atoms with van der Waals surface area (Å²) in [5.74, 6) is 0. The van der Waals surface area contributed by atoms with Crippen molar-refractivity contribution in [3.05, 3.63) is 83.0 Å². The van der Waals surface area contributed by atoms with Crippen molar-refractivity contribution in [2.75, 3.05) is 13.4 Å². The van der Waals surface area contributed by atoms with Crippen LogP contribution in [-0.4, -0.2) is 56.4 Å². The fourth-order valence-electron chi connectivity index (χ4n) is 3.52. The van der Waals surface area contributed by atoms with Crippen LogP contribution in [0.5, 0.6) is 0 Å². The summed E-state index contributed by atoms with van der Waals surface area (Å²) < 4.78 is 17.7. The number of H-pyrrole nitrogens is 1. The van der Waals surface area contributed by atoms with Crippen LogP contribution in [0.3, 0.4) is 0 Å². The molecule has 0 radical (unpaired) electrons. The Bertz CT molecular complexity index is 1190. The van der Waals surface area contributed by atoms with Crippen LogP contribution in [0.1, 0.15) is 30.4 Å². The van der Waals surface area contributed by atoms with Crippen molar-refractivity contribution in [2.45, 2.75) is 44.1 Å². The third-order valence-corrected chi connectivity index (χ3v) is 5.24. The minimum Gasteiger partial charge on any atom is -0.394 e. The first kappa shape index (κ1) is 25.0. The van der Waals surface area contributed by atoms with E-state index in [2.05, 4.69) is 15.0 Å². The monoisotopic (exact) mass is 478 g/mol. The van der Waals surface area contributed by atoms with Gasteiger partial charge in [-0.05, 0) is 24.1 Å². The van der Waals surface area contributed by atoms with Crippen molar-refractivity contribution < 1.29 is 29.3 Å². The van der Waals surface area contributed by atoms with Gasteiger partial charge >= 0.3 is 5.69 Å². The van der Waals surface area contributed by atoms with E-state index in [4.69, 9.17) is 19.7 Å². The third-order valence-electron chi connectivity index (χ3n) is 5.24. The molecule has 3 N–H and O–H groups in total. The second kappa shape index (κ2) is 11.0. The molecule has 3 rings (SSSR count). The average Bonchev–Trinajstić information content (AvgIpc) is 3.12. The number of hydrogen-bond donors (Lipinski definition) is 3. The minimum absolute atomic E-state index is 0.00549. The first-order chi connectivity index (χ1) is 16.3. The molecule has 15 heteroatoms. The van der Waals surface area contributed by atoms with E-state index in [1.807, 2.05) is 0 Å². The highest BCUT2D eigenvalue weighted by Crippen LogP contribution is 2.32. The van der Waals surface area contributed by atoms with Crippen LogP contribution < -0.4 is 11.2 Å². The lowest BCUT2D eigenvalue weighted by Crippen LogP contribution is -2.39. The molecule has 1 fully saturated rings. The lowest BCUT2D eigenvalue weighted by atomic mass is 10.0. The average molecular weight is 478 g/mol. The Morgan fingerprint density at radius 3 is 2.82 bits per heavy atom. The highest BCUT2D eigenvalue weighted by molar-refractivity contribution is 5.44. The number of nitro groups is 1. The zero-order valence-electron chi connectivity index (χ0n) is 17.9. The van der Waals surface area contributed by atoms with E-state index in [1.54, 1.807) is 6.92 Å². The molecule has 1 aromatic carbocycles. The SMILES string of the molecule is CC(OCO[C@@H]1[C@H](O)[C@@H](CO)O[C@H]1n1ccc(=O)[nH]c1=O)c1cc(CN=[N+]=[N-])ccc1[N+](=O)[O-]. The summed E-state index contributed by atoms with van der Waals surface area (Å²) >= 11 is 0. The van der Waals surface area contributed by atoms with Crippen molar-refractivity contribution in [3.63, 3.8) is 0 Å². The Labute approximate surface area is 190 Å². The van der Waals surface area contributed by atoms with Crippen LogP contribution in [-0.2, 0) is 20.8 Å². The van der Waals surface area contributed by atoms with Gasteiger partial charge in [0.1, 0.15) is 25.1 Å². The minimum atomic E-state index is -1.34. The summed E-state index contributed by atoms with van der Waals surface area (Å²) in [6, 6.07) is 5.31. The molecule has 1 saturated heterocycles. The fourth-order valence-corrected chi connectivity index (χ4v) is 3.52. The smallest absolute Gasteiger partial charge is 0.330 e. The molecule has 1 aliphatic heterocycles. The van der Waals surface area contributed by atoms with E-state index in [9.17, 15) is 29.9 Å². The maximum atomic E-state index is 12.2. The van der Waals surface area contributed by atoms with Crippen LogP contribution in [0.25, 0.3) is 10.4 Å². The molecule has 0 saturated carbocycles. The molecule has 1 aromatic heterocycles. The number of aromatic nitrogens is 2. The highest BCUT2D eigenvalue weighted by atomic mass is 16.7. The molecule has 1 unspecified atom stereocenters. The van der Waals surface area contributed by atoms with Crippen molar-refractivity contribution in [1.82, 2.24) is 9.55 Å². The van der Waals surface area contributed by atoms with Crippen molar-refractivity contribution in [1.29, 1.82) is 0 Å². The summed E-state index contributed by atoms with van der Waals surface area (Å²) in [6.07, 6.45) is -4.43. The number of benzene rings is 1. The molecule has 0 aliphatic carbocycles. The Kier molecular flexibility index (Phi) is 8.12. The first-order valence-electron chi connectivity index (χ1n) is 10.0. The summed E-state index contributed by atoms with van der Waals surface area (Å²) in [5, 5.41) is 34.8. The number of aromatic amines is 1. The van der Waals surface area contributed by atoms with Crippen molar-refractivity contribution in [3.8, 4) is 0 Å².